The Morgan fingerprint density at radius 3 is 2.50 bits per heavy atom. The van der Waals surface area contributed by atoms with Crippen LogP contribution >= 0.6 is 11.8 Å². The third-order valence-corrected chi connectivity index (χ3v) is 5.87. The molecule has 5 nitrogen and oxygen atoms in total. The molecule has 2 heterocycles. The van der Waals surface area contributed by atoms with Crippen LogP contribution in [0.3, 0.4) is 0 Å². The number of thioether (sulfide) groups is 1. The summed E-state index contributed by atoms with van der Waals surface area (Å²) in [7, 11) is 0. The quantitative estimate of drug-likeness (QED) is 0.833. The average molecular weight is 368 g/mol. The summed E-state index contributed by atoms with van der Waals surface area (Å²) < 4.78 is 5.31. The first-order valence-electron chi connectivity index (χ1n) is 8.70. The van der Waals surface area contributed by atoms with Crippen LogP contribution in [0.2, 0.25) is 0 Å². The van der Waals surface area contributed by atoms with Crippen LogP contribution < -0.4 is 4.90 Å². The number of para-hydroxylation sites is 1. The molecule has 0 saturated carbocycles. The summed E-state index contributed by atoms with van der Waals surface area (Å²) in [6.07, 6.45) is 0. The molecule has 1 saturated heterocycles. The van der Waals surface area contributed by atoms with Crippen molar-refractivity contribution in [2.75, 3.05) is 37.0 Å². The fourth-order valence-corrected chi connectivity index (χ4v) is 4.58. The van der Waals surface area contributed by atoms with Gasteiger partial charge in [0.1, 0.15) is 5.37 Å². The van der Waals surface area contributed by atoms with Gasteiger partial charge < -0.3 is 9.64 Å². The molecule has 4 rings (SSSR count). The van der Waals surface area contributed by atoms with Crippen molar-refractivity contribution in [3.8, 4) is 0 Å². The highest BCUT2D eigenvalue weighted by atomic mass is 32.2. The summed E-state index contributed by atoms with van der Waals surface area (Å²) in [5.41, 5.74) is 2.54. The summed E-state index contributed by atoms with van der Waals surface area (Å²) in [6, 6.07) is 17.3. The standard InChI is InChI=1S/C20H20N2O3S/c23-18(21-10-12-25-13-11-21)14-26-20-17-9-5-4-8-16(17)19(24)22(20)15-6-2-1-3-7-15/h1-9,20H,10-14H2/t20-/m1/s1. The SMILES string of the molecule is O=C(CS[C@@H]1c2ccccc2C(=O)N1c1ccccc1)N1CCOCC1. The summed E-state index contributed by atoms with van der Waals surface area (Å²) in [4.78, 5) is 29.1. The highest BCUT2D eigenvalue weighted by molar-refractivity contribution is 8.00. The molecular weight excluding hydrogens is 348 g/mol. The Balaban J connectivity index is 1.56. The van der Waals surface area contributed by atoms with Crippen molar-refractivity contribution in [2.45, 2.75) is 5.37 Å². The Bertz CT molecular complexity index is 806. The van der Waals surface area contributed by atoms with E-state index in [0.717, 1.165) is 11.3 Å². The van der Waals surface area contributed by atoms with Gasteiger partial charge in [-0.3, -0.25) is 14.5 Å². The van der Waals surface area contributed by atoms with E-state index >= 15 is 0 Å². The minimum absolute atomic E-state index is 0.0110. The van der Waals surface area contributed by atoms with Crippen LogP contribution in [0.25, 0.3) is 0 Å². The van der Waals surface area contributed by atoms with Crippen molar-refractivity contribution in [1.29, 1.82) is 0 Å². The van der Waals surface area contributed by atoms with E-state index in [1.54, 1.807) is 4.90 Å². The normalized spacial score (nSPS) is 19.5. The van der Waals surface area contributed by atoms with Gasteiger partial charge in [-0.05, 0) is 23.8 Å². The van der Waals surface area contributed by atoms with Crippen molar-refractivity contribution in [1.82, 2.24) is 4.90 Å². The van der Waals surface area contributed by atoms with Gasteiger partial charge in [-0.2, -0.15) is 0 Å². The van der Waals surface area contributed by atoms with Gasteiger partial charge in [0.25, 0.3) is 5.91 Å². The molecule has 0 aromatic heterocycles. The number of rotatable bonds is 4. The highest BCUT2D eigenvalue weighted by Crippen LogP contribution is 2.43. The number of amides is 2. The molecule has 134 valence electrons. The lowest BCUT2D eigenvalue weighted by atomic mass is 10.1. The summed E-state index contributed by atoms with van der Waals surface area (Å²) in [6.45, 7) is 2.47. The zero-order valence-corrected chi connectivity index (χ0v) is 15.2. The Kier molecular flexibility index (Phi) is 4.95. The first-order chi connectivity index (χ1) is 12.8. The third-order valence-electron chi connectivity index (χ3n) is 4.67. The Morgan fingerprint density at radius 1 is 1.04 bits per heavy atom. The van der Waals surface area contributed by atoms with Gasteiger partial charge in [0, 0.05) is 24.3 Å². The van der Waals surface area contributed by atoms with Gasteiger partial charge in [0.2, 0.25) is 5.91 Å². The lowest BCUT2D eigenvalue weighted by Gasteiger charge is -2.29. The molecule has 26 heavy (non-hydrogen) atoms. The second-order valence-electron chi connectivity index (χ2n) is 6.25. The van der Waals surface area contributed by atoms with Crippen molar-refractivity contribution in [3.63, 3.8) is 0 Å². The molecule has 2 aliphatic heterocycles. The zero-order chi connectivity index (χ0) is 17.9. The largest absolute Gasteiger partial charge is 0.378 e. The number of benzene rings is 2. The summed E-state index contributed by atoms with van der Waals surface area (Å²) in [5, 5.41) is -0.189. The number of carbonyl (C=O) groups excluding carboxylic acids is 2. The van der Waals surface area contributed by atoms with Crippen LogP contribution in [-0.4, -0.2) is 48.8 Å². The number of hydrogen-bond acceptors (Lipinski definition) is 4. The van der Waals surface area contributed by atoms with Gasteiger partial charge >= 0.3 is 0 Å². The first kappa shape index (κ1) is 17.1. The third kappa shape index (κ3) is 3.22. The van der Waals surface area contributed by atoms with Crippen LogP contribution in [0, 0.1) is 0 Å². The van der Waals surface area contributed by atoms with Crippen molar-refractivity contribution in [2.24, 2.45) is 0 Å². The molecule has 0 radical (unpaired) electrons. The topological polar surface area (TPSA) is 49.9 Å². The number of morpholine rings is 1. The molecule has 1 atom stereocenters. The van der Waals surface area contributed by atoms with Crippen LogP contribution in [0.5, 0.6) is 0 Å². The number of anilines is 1. The summed E-state index contributed by atoms with van der Waals surface area (Å²) >= 11 is 1.51. The number of hydrogen-bond donors (Lipinski definition) is 0. The Labute approximate surface area is 156 Å². The van der Waals surface area contributed by atoms with E-state index in [-0.39, 0.29) is 17.2 Å². The van der Waals surface area contributed by atoms with Gasteiger partial charge in [0.15, 0.2) is 0 Å². The number of nitrogens with zero attached hydrogens (tertiary/aromatic N) is 2. The maximum Gasteiger partial charge on any atom is 0.259 e. The maximum atomic E-state index is 13.0. The first-order valence-corrected chi connectivity index (χ1v) is 9.75. The van der Waals surface area contributed by atoms with E-state index in [9.17, 15) is 9.59 Å². The minimum Gasteiger partial charge on any atom is -0.378 e. The van der Waals surface area contributed by atoms with E-state index in [1.165, 1.54) is 11.8 Å². The van der Waals surface area contributed by atoms with Crippen molar-refractivity contribution >= 4 is 29.3 Å². The molecule has 1 fully saturated rings. The molecule has 0 bridgehead atoms. The lowest BCUT2D eigenvalue weighted by Crippen LogP contribution is -2.41. The minimum atomic E-state index is -0.189. The molecule has 2 amide bonds. The maximum absolute atomic E-state index is 13.0. The Morgan fingerprint density at radius 2 is 1.73 bits per heavy atom. The summed E-state index contributed by atoms with van der Waals surface area (Å²) in [5.74, 6) is 0.432. The molecule has 6 heteroatoms. The Hall–Kier alpha value is -2.31. The van der Waals surface area contributed by atoms with E-state index in [4.69, 9.17) is 4.74 Å². The average Bonchev–Trinajstić information content (AvgIpc) is 2.99. The second-order valence-corrected chi connectivity index (χ2v) is 7.32. The molecule has 2 aromatic carbocycles. The number of carbonyl (C=O) groups is 2. The molecule has 0 unspecified atom stereocenters. The van der Waals surface area contributed by atoms with Gasteiger partial charge in [-0.15, -0.1) is 11.8 Å². The predicted molar refractivity (Wildman–Crippen MR) is 102 cm³/mol. The highest BCUT2D eigenvalue weighted by Gasteiger charge is 2.38. The van der Waals surface area contributed by atoms with Gasteiger partial charge in [0.05, 0.1) is 19.0 Å². The van der Waals surface area contributed by atoms with E-state index in [2.05, 4.69) is 0 Å². The second kappa shape index (κ2) is 7.51. The number of fused-ring (bicyclic) bond motifs is 1. The van der Waals surface area contributed by atoms with Crippen LogP contribution in [0.1, 0.15) is 21.3 Å². The van der Waals surface area contributed by atoms with E-state index in [1.807, 2.05) is 59.5 Å². The fraction of sp³-hybridized carbons (Fsp3) is 0.300. The molecule has 2 aromatic rings. The van der Waals surface area contributed by atoms with Crippen molar-refractivity contribution in [3.05, 3.63) is 65.7 Å². The molecule has 0 N–H and O–H groups in total. The van der Waals surface area contributed by atoms with Gasteiger partial charge in [-0.25, -0.2) is 0 Å². The number of ether oxygens (including phenoxy) is 1. The monoisotopic (exact) mass is 368 g/mol. The predicted octanol–water partition coefficient (Wildman–Crippen LogP) is 2.94. The van der Waals surface area contributed by atoms with E-state index < -0.39 is 0 Å². The molecule has 0 aliphatic carbocycles. The molecular formula is C20H20N2O3S. The lowest BCUT2D eigenvalue weighted by molar-refractivity contribution is -0.132. The molecule has 2 aliphatic rings. The van der Waals surface area contributed by atoms with Crippen LogP contribution in [-0.2, 0) is 9.53 Å². The van der Waals surface area contributed by atoms with Crippen molar-refractivity contribution < 1.29 is 14.3 Å². The van der Waals surface area contributed by atoms with Crippen LogP contribution in [0.4, 0.5) is 5.69 Å². The fourth-order valence-electron chi connectivity index (χ4n) is 3.34. The molecule has 0 spiro atoms. The van der Waals surface area contributed by atoms with Gasteiger partial charge in [-0.1, -0.05) is 36.4 Å². The van der Waals surface area contributed by atoms with Crippen LogP contribution in [0.15, 0.2) is 54.6 Å². The smallest absolute Gasteiger partial charge is 0.259 e. The van der Waals surface area contributed by atoms with E-state index in [0.29, 0.717) is 37.6 Å². The zero-order valence-electron chi connectivity index (χ0n) is 14.3.